The first kappa shape index (κ1) is 20.1. The average molecular weight is 402 g/mol. The van der Waals surface area contributed by atoms with Crippen molar-refractivity contribution in [3.05, 3.63) is 59.0 Å². The van der Waals surface area contributed by atoms with Crippen molar-refractivity contribution in [2.24, 2.45) is 0 Å². The second-order valence-corrected chi connectivity index (χ2v) is 7.17. The van der Waals surface area contributed by atoms with E-state index >= 15 is 0 Å². The molecule has 0 unspecified atom stereocenters. The predicted octanol–water partition coefficient (Wildman–Crippen LogP) is 4.31. The Morgan fingerprint density at radius 3 is 2.39 bits per heavy atom. The molecule has 28 heavy (non-hydrogen) atoms. The second kappa shape index (κ2) is 9.52. The molecule has 0 bridgehead atoms. The molecule has 0 spiro atoms. The van der Waals surface area contributed by atoms with Gasteiger partial charge in [-0.05, 0) is 36.7 Å². The van der Waals surface area contributed by atoms with Gasteiger partial charge in [0.2, 0.25) is 5.75 Å². The van der Waals surface area contributed by atoms with Gasteiger partial charge in [0.1, 0.15) is 10.8 Å². The van der Waals surface area contributed by atoms with Gasteiger partial charge in [0.05, 0.1) is 26.2 Å². The third-order valence-electron chi connectivity index (χ3n) is 4.31. The van der Waals surface area contributed by atoms with Gasteiger partial charge in [-0.25, -0.2) is 9.37 Å². The molecule has 3 rings (SSSR count). The van der Waals surface area contributed by atoms with Crippen LogP contribution in [0.4, 0.5) is 4.39 Å². The number of nitrogens with zero attached hydrogens (tertiary/aromatic N) is 1. The second-order valence-electron chi connectivity index (χ2n) is 6.05. The lowest BCUT2D eigenvalue weighted by Gasteiger charge is -2.13. The summed E-state index contributed by atoms with van der Waals surface area (Å²) in [5.74, 6) is 1.61. The van der Waals surface area contributed by atoms with Crippen LogP contribution in [-0.2, 0) is 13.0 Å². The Morgan fingerprint density at radius 1 is 1.04 bits per heavy atom. The molecule has 0 aliphatic heterocycles. The highest BCUT2D eigenvalue weighted by Gasteiger charge is 2.15. The number of aromatic nitrogens is 1. The normalized spacial score (nSPS) is 10.7. The average Bonchev–Trinajstić information content (AvgIpc) is 3.20. The van der Waals surface area contributed by atoms with Gasteiger partial charge in [0.25, 0.3) is 0 Å². The zero-order valence-corrected chi connectivity index (χ0v) is 16.9. The van der Waals surface area contributed by atoms with Gasteiger partial charge in [-0.1, -0.05) is 18.2 Å². The summed E-state index contributed by atoms with van der Waals surface area (Å²) in [6.45, 7) is 1.31. The molecule has 7 heteroatoms. The maximum Gasteiger partial charge on any atom is 0.203 e. The van der Waals surface area contributed by atoms with Crippen LogP contribution < -0.4 is 19.5 Å². The minimum Gasteiger partial charge on any atom is -0.493 e. The number of hydrogen-bond acceptors (Lipinski definition) is 6. The summed E-state index contributed by atoms with van der Waals surface area (Å²) >= 11 is 1.59. The van der Waals surface area contributed by atoms with Gasteiger partial charge in [0, 0.05) is 18.3 Å². The number of rotatable bonds is 9. The third kappa shape index (κ3) is 4.61. The molecule has 0 radical (unpaired) electrons. The van der Waals surface area contributed by atoms with Crippen LogP contribution in [0.3, 0.4) is 0 Å². The Hall–Kier alpha value is -2.64. The van der Waals surface area contributed by atoms with Crippen LogP contribution in [0.25, 0.3) is 10.4 Å². The van der Waals surface area contributed by atoms with E-state index in [0.29, 0.717) is 42.3 Å². The van der Waals surface area contributed by atoms with E-state index < -0.39 is 0 Å². The monoisotopic (exact) mass is 402 g/mol. The molecule has 148 valence electrons. The van der Waals surface area contributed by atoms with Crippen LogP contribution in [0.1, 0.15) is 10.6 Å². The lowest BCUT2D eigenvalue weighted by atomic mass is 10.1. The molecule has 1 aromatic heterocycles. The number of hydrogen-bond donors (Lipinski definition) is 1. The largest absolute Gasteiger partial charge is 0.493 e. The van der Waals surface area contributed by atoms with Gasteiger partial charge in [-0.2, -0.15) is 0 Å². The van der Waals surface area contributed by atoms with Crippen molar-refractivity contribution < 1.29 is 18.6 Å². The van der Waals surface area contributed by atoms with Gasteiger partial charge < -0.3 is 19.5 Å². The number of benzene rings is 2. The summed E-state index contributed by atoms with van der Waals surface area (Å²) in [5.41, 5.74) is 1.66. The fraction of sp³-hybridized carbons (Fsp3) is 0.286. The van der Waals surface area contributed by atoms with Gasteiger partial charge in [-0.3, -0.25) is 0 Å². The molecule has 1 N–H and O–H groups in total. The van der Waals surface area contributed by atoms with E-state index in [0.717, 1.165) is 15.4 Å². The lowest BCUT2D eigenvalue weighted by molar-refractivity contribution is 0.324. The van der Waals surface area contributed by atoms with Crippen molar-refractivity contribution >= 4 is 11.3 Å². The molecular formula is C21H23FN2O3S. The highest BCUT2D eigenvalue weighted by molar-refractivity contribution is 7.15. The standard InChI is InChI=1S/C21H23FN2O3S/c1-25-17-10-15(11-18(26-2)21(17)27-3)19-12-24-20(28-19)13-23-9-8-14-6-4-5-7-16(14)22/h4-7,10-12,23H,8-9,13H2,1-3H3. The minimum absolute atomic E-state index is 0.164. The maximum absolute atomic E-state index is 13.6. The third-order valence-corrected chi connectivity index (χ3v) is 5.35. The van der Waals surface area contributed by atoms with E-state index in [9.17, 15) is 4.39 Å². The molecule has 0 atom stereocenters. The van der Waals surface area contributed by atoms with Gasteiger partial charge in [0.15, 0.2) is 11.5 Å². The van der Waals surface area contributed by atoms with E-state index in [-0.39, 0.29) is 5.82 Å². The van der Waals surface area contributed by atoms with E-state index in [4.69, 9.17) is 14.2 Å². The zero-order valence-electron chi connectivity index (χ0n) is 16.1. The molecular weight excluding hydrogens is 379 g/mol. The summed E-state index contributed by atoms with van der Waals surface area (Å²) in [5, 5.41) is 4.27. The number of methoxy groups -OCH3 is 3. The number of nitrogens with one attached hydrogen (secondary N) is 1. The molecule has 0 aliphatic carbocycles. The van der Waals surface area contributed by atoms with E-state index in [1.54, 1.807) is 38.7 Å². The molecule has 3 aromatic rings. The Labute approximate surface area is 168 Å². The molecule has 2 aromatic carbocycles. The summed E-state index contributed by atoms with van der Waals surface area (Å²) in [7, 11) is 4.77. The number of thiazole rings is 1. The Morgan fingerprint density at radius 2 is 1.75 bits per heavy atom. The number of halogens is 1. The summed E-state index contributed by atoms with van der Waals surface area (Å²) in [4.78, 5) is 5.48. The molecule has 0 saturated heterocycles. The molecule has 0 fully saturated rings. The lowest BCUT2D eigenvalue weighted by Crippen LogP contribution is -2.16. The zero-order chi connectivity index (χ0) is 19.9. The fourth-order valence-electron chi connectivity index (χ4n) is 2.87. The van der Waals surface area contributed by atoms with Crippen LogP contribution in [0, 0.1) is 5.82 Å². The topological polar surface area (TPSA) is 52.6 Å². The van der Waals surface area contributed by atoms with E-state index in [1.807, 2.05) is 30.5 Å². The predicted molar refractivity (Wildman–Crippen MR) is 109 cm³/mol. The number of ether oxygens (including phenoxy) is 3. The SMILES string of the molecule is COc1cc(-c2cnc(CNCCc3ccccc3F)s2)cc(OC)c1OC. The smallest absolute Gasteiger partial charge is 0.203 e. The van der Waals surface area contributed by atoms with Crippen molar-refractivity contribution in [1.82, 2.24) is 10.3 Å². The van der Waals surface area contributed by atoms with Crippen molar-refractivity contribution in [2.45, 2.75) is 13.0 Å². The summed E-state index contributed by atoms with van der Waals surface area (Å²) in [6.07, 6.45) is 2.47. The quantitative estimate of drug-likeness (QED) is 0.541. The van der Waals surface area contributed by atoms with Crippen LogP contribution in [0.5, 0.6) is 17.2 Å². The van der Waals surface area contributed by atoms with Crippen molar-refractivity contribution in [2.75, 3.05) is 27.9 Å². The Kier molecular flexibility index (Phi) is 6.84. The van der Waals surface area contributed by atoms with E-state index in [1.165, 1.54) is 6.07 Å². The van der Waals surface area contributed by atoms with Crippen LogP contribution in [0.15, 0.2) is 42.6 Å². The summed E-state index contributed by atoms with van der Waals surface area (Å²) < 4.78 is 29.8. The molecule has 1 heterocycles. The van der Waals surface area contributed by atoms with Crippen LogP contribution in [-0.4, -0.2) is 32.9 Å². The van der Waals surface area contributed by atoms with Crippen molar-refractivity contribution in [3.63, 3.8) is 0 Å². The first-order chi connectivity index (χ1) is 13.7. The molecule has 0 amide bonds. The van der Waals surface area contributed by atoms with Gasteiger partial charge >= 0.3 is 0 Å². The summed E-state index contributed by atoms with van der Waals surface area (Å²) in [6, 6.07) is 10.7. The van der Waals surface area contributed by atoms with Crippen molar-refractivity contribution in [3.8, 4) is 27.7 Å². The maximum atomic E-state index is 13.6. The fourth-order valence-corrected chi connectivity index (χ4v) is 3.74. The van der Waals surface area contributed by atoms with Crippen LogP contribution >= 0.6 is 11.3 Å². The Bertz CT molecular complexity index is 905. The molecule has 0 saturated carbocycles. The van der Waals surface area contributed by atoms with Crippen LogP contribution in [0.2, 0.25) is 0 Å². The first-order valence-corrected chi connectivity index (χ1v) is 9.67. The highest BCUT2D eigenvalue weighted by atomic mass is 32.1. The minimum atomic E-state index is -0.164. The van der Waals surface area contributed by atoms with Crippen molar-refractivity contribution in [1.29, 1.82) is 0 Å². The van der Waals surface area contributed by atoms with E-state index in [2.05, 4.69) is 10.3 Å². The van der Waals surface area contributed by atoms with Gasteiger partial charge in [-0.15, -0.1) is 11.3 Å². The molecule has 5 nitrogen and oxygen atoms in total. The highest BCUT2D eigenvalue weighted by Crippen LogP contribution is 2.42. The molecule has 0 aliphatic rings. The first-order valence-electron chi connectivity index (χ1n) is 8.85. The Balaban J connectivity index is 1.64.